The molecule has 50 heavy (non-hydrogen) atoms. The summed E-state index contributed by atoms with van der Waals surface area (Å²) in [4.78, 5) is 30.7. The van der Waals surface area contributed by atoms with E-state index in [-0.39, 0.29) is 105 Å². The van der Waals surface area contributed by atoms with Gasteiger partial charge >= 0.3 is 0 Å². The summed E-state index contributed by atoms with van der Waals surface area (Å²) < 4.78 is 11.9. The molecule has 4 aliphatic heterocycles. The van der Waals surface area contributed by atoms with E-state index < -0.39 is 18.1 Å². The Bertz CT molecular complexity index is 1880. The first kappa shape index (κ1) is 36.4. The molecule has 0 aromatic heterocycles. The number of ether oxygens (including phenoxy) is 2. The number of nitrogens with one attached hydrogen (secondary N) is 2. The Labute approximate surface area is 328 Å². The van der Waals surface area contributed by atoms with E-state index in [1.807, 2.05) is 51.2 Å². The molecule has 12 heteroatoms. The molecule has 4 aliphatic rings. The molecule has 6 atom stereocenters. The number of aryl methyl sites for hydroxylation is 2. The van der Waals surface area contributed by atoms with Crippen LogP contribution in [0.1, 0.15) is 69.9 Å². The number of amides is 2. The number of nitriles is 1. The molecule has 0 saturated carbocycles. The van der Waals surface area contributed by atoms with Gasteiger partial charge in [-0.25, -0.2) is 0 Å². The number of piperazine rings is 1. The number of hydrogen-bond acceptors (Lipinski definition) is 9. The Morgan fingerprint density at radius 1 is 1.02 bits per heavy atom. The molecule has 2 bridgehead atoms. The van der Waals surface area contributed by atoms with Crippen LogP contribution in [-0.2, 0) is 28.9 Å². The van der Waals surface area contributed by atoms with E-state index >= 15 is 0 Å². The molecule has 259 valence electrons. The third-order valence-electron chi connectivity index (χ3n) is 11.2. The summed E-state index contributed by atoms with van der Waals surface area (Å²) in [5.74, 6) is 0.757. The van der Waals surface area contributed by atoms with Gasteiger partial charge in [-0.1, -0.05) is 36.4 Å². The standard InChI is InChI=1S/C38H43N5O6.Ac/c1-19-13-24-14-26-28(16-39)43-27(33(42(26)5)31(24)35(46)20(19)2)15-25-32(37-36(48-18-49-37)21(3)34(25)45)29(43)17-40-38(47)22(4)41-30(44)12-11-23-9-7-6-8-10-23;/h6-10,13,22,26-29,33,45-46H,11-12,14-15,17-18H2,1-5H3,(H,40,47)(H,41,44);/t22-,26-,27?,28-,29-,33+;/m0./s1. The first-order valence-electron chi connectivity index (χ1n) is 17.0. The number of hydrogen-bond donors (Lipinski definition) is 4. The van der Waals surface area contributed by atoms with Crippen LogP contribution < -0.4 is 20.1 Å². The number of fused-ring (bicyclic) bond motifs is 9. The van der Waals surface area contributed by atoms with E-state index in [0.29, 0.717) is 47.5 Å². The van der Waals surface area contributed by atoms with Crippen molar-refractivity contribution in [2.45, 2.75) is 89.6 Å². The number of carbonyl (C=O) groups excluding carboxylic acids is 2. The Morgan fingerprint density at radius 2 is 1.74 bits per heavy atom. The van der Waals surface area contributed by atoms with E-state index in [2.05, 4.69) is 32.6 Å². The van der Waals surface area contributed by atoms with Gasteiger partial charge in [-0.2, -0.15) is 5.26 Å². The van der Waals surface area contributed by atoms with Gasteiger partial charge in [0.25, 0.3) is 0 Å². The van der Waals surface area contributed by atoms with Crippen LogP contribution in [0.25, 0.3) is 0 Å². The van der Waals surface area contributed by atoms with Crippen molar-refractivity contribution in [1.82, 2.24) is 20.4 Å². The number of aromatic hydroxyl groups is 2. The van der Waals surface area contributed by atoms with Crippen LogP contribution >= 0.6 is 0 Å². The Balaban J connectivity index is 0.00000432. The Kier molecular flexibility index (Phi) is 10.5. The van der Waals surface area contributed by atoms with Crippen molar-refractivity contribution in [3.8, 4) is 29.1 Å². The SMILES string of the molecule is Cc1cc2c(c(O)c1C)[C@H]1C3Cc4c(O)c(C)c5c(c4[C@H](CNC(=O)[C@H](C)NC(=O)CCc4ccccc4)N3[C@@H](C#N)[C@H](C2)N1C)OCO5.[Ac]. The van der Waals surface area contributed by atoms with Crippen LogP contribution in [0.2, 0.25) is 0 Å². The molecule has 1 unspecified atom stereocenters. The summed E-state index contributed by atoms with van der Waals surface area (Å²) in [7, 11) is 2.01. The van der Waals surface area contributed by atoms with Gasteiger partial charge in [-0.15, -0.1) is 0 Å². The summed E-state index contributed by atoms with van der Waals surface area (Å²) in [5, 5.41) is 39.9. The monoisotopic (exact) mass is 892 g/mol. The minimum atomic E-state index is -0.799. The molecule has 1 radical (unpaired) electrons. The van der Waals surface area contributed by atoms with Gasteiger partial charge in [-0.05, 0) is 76.3 Å². The first-order valence-corrected chi connectivity index (χ1v) is 17.0. The van der Waals surface area contributed by atoms with Gasteiger partial charge in [0.05, 0.1) is 18.2 Å². The zero-order valence-electron chi connectivity index (χ0n) is 29.1. The van der Waals surface area contributed by atoms with E-state index in [0.717, 1.165) is 27.8 Å². The molecule has 11 nitrogen and oxygen atoms in total. The second-order valence-corrected chi connectivity index (χ2v) is 13.9. The minimum absolute atomic E-state index is 0. The molecule has 4 heterocycles. The summed E-state index contributed by atoms with van der Waals surface area (Å²) in [6.45, 7) is 7.45. The first-order chi connectivity index (χ1) is 23.5. The quantitative estimate of drug-likeness (QED) is 0.279. The van der Waals surface area contributed by atoms with Crippen molar-refractivity contribution in [1.29, 1.82) is 5.26 Å². The van der Waals surface area contributed by atoms with Gasteiger partial charge in [0, 0.05) is 91.4 Å². The fourth-order valence-corrected chi connectivity index (χ4v) is 8.54. The van der Waals surface area contributed by atoms with Crippen molar-refractivity contribution in [2.75, 3.05) is 20.4 Å². The van der Waals surface area contributed by atoms with E-state index in [9.17, 15) is 25.1 Å². The number of phenols is 2. The Hall–Kier alpha value is -3.35. The molecule has 1 saturated heterocycles. The fourth-order valence-electron chi connectivity index (χ4n) is 8.54. The average molecular weight is 893 g/mol. The van der Waals surface area contributed by atoms with E-state index in [4.69, 9.17) is 9.47 Å². The molecule has 0 spiro atoms. The second-order valence-electron chi connectivity index (χ2n) is 13.9. The van der Waals surface area contributed by atoms with Crippen LogP contribution in [0.3, 0.4) is 0 Å². The van der Waals surface area contributed by atoms with Gasteiger partial charge in [0.1, 0.15) is 23.6 Å². The minimum Gasteiger partial charge on any atom is -0.507 e. The number of nitrogens with zero attached hydrogens (tertiary/aromatic N) is 3. The van der Waals surface area contributed by atoms with Gasteiger partial charge in [-0.3, -0.25) is 19.4 Å². The Morgan fingerprint density at radius 3 is 2.46 bits per heavy atom. The van der Waals surface area contributed by atoms with Crippen molar-refractivity contribution < 1.29 is 73.3 Å². The number of rotatable bonds is 7. The molecular weight excluding hydrogens is 849 g/mol. The molecule has 4 N–H and O–H groups in total. The smallest absolute Gasteiger partial charge is 0.242 e. The van der Waals surface area contributed by atoms with Crippen molar-refractivity contribution in [3.05, 3.63) is 80.9 Å². The third-order valence-corrected chi connectivity index (χ3v) is 11.2. The van der Waals surface area contributed by atoms with E-state index in [1.54, 1.807) is 13.8 Å². The maximum absolute atomic E-state index is 13.5. The number of phenolic OH excluding ortho intramolecular Hbond substituents is 2. The summed E-state index contributed by atoms with van der Waals surface area (Å²) in [6.07, 6.45) is 1.79. The number of likely N-dealkylation sites (N-methyl/N-ethyl adjacent to an activating group) is 1. The van der Waals surface area contributed by atoms with Crippen LogP contribution in [-0.4, -0.2) is 76.4 Å². The predicted molar refractivity (Wildman–Crippen MR) is 181 cm³/mol. The molecule has 3 aromatic carbocycles. The average Bonchev–Trinajstić information content (AvgIpc) is 3.58. The number of carbonyl (C=O) groups is 2. The maximum atomic E-state index is 13.5. The topological polar surface area (TPSA) is 147 Å². The van der Waals surface area contributed by atoms with Crippen molar-refractivity contribution >= 4 is 11.8 Å². The predicted octanol–water partition coefficient (Wildman–Crippen LogP) is 3.78. The summed E-state index contributed by atoms with van der Waals surface area (Å²) >= 11 is 0. The van der Waals surface area contributed by atoms with Crippen molar-refractivity contribution in [2.24, 2.45) is 0 Å². The van der Waals surface area contributed by atoms with Crippen LogP contribution in [0.15, 0.2) is 36.4 Å². The zero-order chi connectivity index (χ0) is 34.7. The fraction of sp³-hybridized carbons (Fsp3) is 0.447. The van der Waals surface area contributed by atoms with Crippen LogP contribution in [0.5, 0.6) is 23.0 Å². The van der Waals surface area contributed by atoms with Crippen LogP contribution in [0.4, 0.5) is 0 Å². The van der Waals surface area contributed by atoms with Gasteiger partial charge in [0.15, 0.2) is 11.5 Å². The summed E-state index contributed by atoms with van der Waals surface area (Å²) in [5.41, 5.74) is 6.70. The molecule has 1 fully saturated rings. The molecule has 2 amide bonds. The number of benzene rings is 3. The molecule has 3 aromatic rings. The van der Waals surface area contributed by atoms with Crippen LogP contribution in [0, 0.1) is 76.2 Å². The second kappa shape index (κ2) is 14.3. The summed E-state index contributed by atoms with van der Waals surface area (Å²) in [6, 6.07) is 11.7. The normalized spacial score (nSPS) is 23.7. The zero-order valence-corrected chi connectivity index (χ0v) is 33.9. The molecule has 0 aliphatic carbocycles. The molecule has 7 rings (SSSR count). The van der Waals surface area contributed by atoms with Gasteiger partial charge in [0.2, 0.25) is 18.6 Å². The van der Waals surface area contributed by atoms with Gasteiger partial charge < -0.3 is 30.3 Å². The van der Waals surface area contributed by atoms with E-state index in [1.165, 1.54) is 0 Å². The third kappa shape index (κ3) is 6.04. The maximum Gasteiger partial charge on any atom is 0.242 e. The largest absolute Gasteiger partial charge is 0.507 e. The molecular formula is C38H43AcN5O6. The van der Waals surface area contributed by atoms with Crippen molar-refractivity contribution in [3.63, 3.8) is 0 Å².